The third kappa shape index (κ3) is 6.86. The van der Waals surface area contributed by atoms with Crippen LogP contribution in [0.3, 0.4) is 0 Å². The predicted octanol–water partition coefficient (Wildman–Crippen LogP) is 1.27. The molecule has 1 aromatic carbocycles. The zero-order chi connectivity index (χ0) is 25.8. The highest BCUT2D eigenvalue weighted by molar-refractivity contribution is 7.52. The Balaban J connectivity index is 1.75. The monoisotopic (exact) mass is 515 g/mol. The Bertz CT molecular complexity index is 1170. The van der Waals surface area contributed by atoms with E-state index in [2.05, 4.69) is 5.09 Å². The molecule has 0 saturated carbocycles. The van der Waals surface area contributed by atoms with Crippen LogP contribution in [0.15, 0.2) is 52.2 Å². The lowest BCUT2D eigenvalue weighted by Crippen LogP contribution is -2.37. The van der Waals surface area contributed by atoms with E-state index in [9.17, 15) is 28.4 Å². The van der Waals surface area contributed by atoms with Crippen LogP contribution in [-0.4, -0.2) is 57.8 Å². The molecule has 2 aromatic rings. The minimum Gasteiger partial charge on any atom is -0.462 e. The summed E-state index contributed by atoms with van der Waals surface area (Å²) in [6, 6.07) is 7.86. The number of rotatable bonds is 10. The zero-order valence-corrected chi connectivity index (χ0v) is 20.1. The molecular weight excluding hydrogens is 488 g/mol. The van der Waals surface area contributed by atoms with Gasteiger partial charge < -0.3 is 19.1 Å². The topological polar surface area (TPSA) is 158 Å². The van der Waals surface area contributed by atoms with E-state index in [4.69, 9.17) is 18.5 Å². The summed E-state index contributed by atoms with van der Waals surface area (Å²) in [7, 11) is -4.28. The number of H-pyrrole nitrogens is 1. The van der Waals surface area contributed by atoms with Gasteiger partial charge in [-0.3, -0.25) is 23.7 Å². The maximum Gasteiger partial charge on any atom is 0.459 e. The molecule has 1 fully saturated rings. The Morgan fingerprint density at radius 2 is 1.94 bits per heavy atom. The summed E-state index contributed by atoms with van der Waals surface area (Å²) in [4.78, 5) is 37.4. The van der Waals surface area contributed by atoms with Gasteiger partial charge in [0.2, 0.25) is 0 Å². The highest BCUT2D eigenvalue weighted by atomic mass is 31.2. The van der Waals surface area contributed by atoms with Crippen molar-refractivity contribution in [2.75, 3.05) is 6.61 Å². The van der Waals surface area contributed by atoms with E-state index in [1.807, 2.05) is 4.98 Å². The maximum atomic E-state index is 14.7. The molecule has 2 heterocycles. The van der Waals surface area contributed by atoms with Gasteiger partial charge in [-0.1, -0.05) is 18.2 Å². The second-order valence-corrected chi connectivity index (χ2v) is 9.75. The molecule has 0 bridgehead atoms. The van der Waals surface area contributed by atoms with Crippen LogP contribution in [0.25, 0.3) is 0 Å². The highest BCUT2D eigenvalue weighted by Crippen LogP contribution is 2.46. The van der Waals surface area contributed by atoms with Crippen molar-refractivity contribution in [2.45, 2.75) is 57.5 Å². The van der Waals surface area contributed by atoms with Gasteiger partial charge in [-0.05, 0) is 32.9 Å². The van der Waals surface area contributed by atoms with Crippen molar-refractivity contribution < 1.29 is 37.4 Å². The quantitative estimate of drug-likeness (QED) is 0.311. The first-order chi connectivity index (χ1) is 16.5. The molecule has 1 aliphatic rings. The van der Waals surface area contributed by atoms with Crippen LogP contribution >= 0.6 is 7.75 Å². The average molecular weight is 515 g/mol. The van der Waals surface area contributed by atoms with Crippen molar-refractivity contribution >= 4 is 13.7 Å². The third-order valence-corrected chi connectivity index (χ3v) is 6.50. The minimum absolute atomic E-state index is 0.154. The van der Waals surface area contributed by atoms with E-state index in [0.717, 1.165) is 16.8 Å². The number of alkyl halides is 1. The molecule has 35 heavy (non-hydrogen) atoms. The number of hydrogen-bond donors (Lipinski definition) is 3. The lowest BCUT2D eigenvalue weighted by Gasteiger charge is -2.25. The van der Waals surface area contributed by atoms with E-state index < -0.39 is 68.3 Å². The lowest BCUT2D eigenvalue weighted by atomic mass is 10.1. The van der Waals surface area contributed by atoms with Crippen LogP contribution in [0.4, 0.5) is 4.39 Å². The van der Waals surface area contributed by atoms with Crippen LogP contribution in [0.1, 0.15) is 27.0 Å². The summed E-state index contributed by atoms with van der Waals surface area (Å²) in [6.07, 6.45) is -6.13. The molecule has 0 spiro atoms. The van der Waals surface area contributed by atoms with Gasteiger partial charge in [-0.2, -0.15) is 5.09 Å². The fraction of sp³-hybridized carbons (Fsp3) is 0.476. The average Bonchev–Trinajstić information content (AvgIpc) is 3.06. The summed E-state index contributed by atoms with van der Waals surface area (Å²) in [5, 5.41) is 12.8. The Morgan fingerprint density at radius 3 is 2.57 bits per heavy atom. The molecule has 1 aromatic heterocycles. The van der Waals surface area contributed by atoms with E-state index in [0.29, 0.717) is 0 Å². The Labute approximate surface area is 199 Å². The molecule has 1 unspecified atom stereocenters. The molecule has 1 saturated heterocycles. The first-order valence-electron chi connectivity index (χ1n) is 10.8. The van der Waals surface area contributed by atoms with Gasteiger partial charge in [0.1, 0.15) is 24.0 Å². The molecule has 3 N–H and O–H groups in total. The molecule has 0 radical (unpaired) electrons. The number of aliphatic hydroxyl groups excluding tert-OH is 1. The SMILES string of the molecule is CC(C)OC(=O)[C@H](C)N[P@](=O)(OC[C@H]1OC(n2ccc(=O)[nH]c2=O)[C@H](F)[C@@H]1O)Oc1ccccc1. The molecule has 12 nitrogen and oxygen atoms in total. The smallest absolute Gasteiger partial charge is 0.459 e. The summed E-state index contributed by atoms with van der Waals surface area (Å²) in [6.45, 7) is 4.07. The number of nitrogens with zero attached hydrogens (tertiary/aromatic N) is 1. The largest absolute Gasteiger partial charge is 0.462 e. The zero-order valence-electron chi connectivity index (χ0n) is 19.2. The van der Waals surface area contributed by atoms with E-state index >= 15 is 0 Å². The van der Waals surface area contributed by atoms with Gasteiger partial charge in [-0.25, -0.2) is 13.8 Å². The van der Waals surface area contributed by atoms with Gasteiger partial charge >= 0.3 is 19.4 Å². The van der Waals surface area contributed by atoms with Crippen LogP contribution in [0.5, 0.6) is 5.75 Å². The predicted molar refractivity (Wildman–Crippen MR) is 121 cm³/mol. The number of halogens is 1. The lowest BCUT2D eigenvalue weighted by molar-refractivity contribution is -0.149. The number of nitrogens with one attached hydrogen (secondary N) is 2. The molecule has 14 heteroatoms. The number of aromatic amines is 1. The van der Waals surface area contributed by atoms with Crippen LogP contribution < -0.4 is 20.9 Å². The summed E-state index contributed by atoms with van der Waals surface area (Å²) in [5.74, 6) is -0.555. The van der Waals surface area contributed by atoms with Crippen molar-refractivity contribution in [3.63, 3.8) is 0 Å². The van der Waals surface area contributed by atoms with Crippen LogP contribution in [0, 0.1) is 0 Å². The first-order valence-corrected chi connectivity index (χ1v) is 12.3. The molecule has 3 rings (SSSR count). The van der Waals surface area contributed by atoms with Crippen LogP contribution in [0.2, 0.25) is 0 Å². The van der Waals surface area contributed by atoms with Crippen molar-refractivity contribution in [2.24, 2.45) is 0 Å². The summed E-state index contributed by atoms with van der Waals surface area (Å²) < 4.78 is 50.4. The van der Waals surface area contributed by atoms with Crippen molar-refractivity contribution in [3.05, 3.63) is 63.4 Å². The Kier molecular flexibility index (Phi) is 8.62. The second-order valence-electron chi connectivity index (χ2n) is 8.05. The number of ether oxygens (including phenoxy) is 2. The van der Waals surface area contributed by atoms with Crippen molar-refractivity contribution in [1.29, 1.82) is 0 Å². The van der Waals surface area contributed by atoms with Crippen molar-refractivity contribution in [3.8, 4) is 5.75 Å². The number of para-hydroxylation sites is 1. The molecule has 0 aliphatic carbocycles. The number of hydrogen-bond acceptors (Lipinski definition) is 9. The number of aliphatic hydroxyl groups is 1. The third-order valence-electron chi connectivity index (χ3n) is 4.85. The van der Waals surface area contributed by atoms with Gasteiger partial charge in [-0.15, -0.1) is 0 Å². The molecule has 1 aliphatic heterocycles. The Hall–Kier alpha value is -2.83. The van der Waals surface area contributed by atoms with Crippen molar-refractivity contribution in [1.82, 2.24) is 14.6 Å². The van der Waals surface area contributed by atoms with Gasteiger partial charge in [0, 0.05) is 12.3 Å². The number of aromatic nitrogens is 2. The van der Waals surface area contributed by atoms with E-state index in [1.54, 1.807) is 32.0 Å². The standard InChI is InChI=1S/C21H27FN3O9P/c1-12(2)32-20(28)13(3)24-35(30,34-14-7-5-4-6-8-14)31-11-15-18(27)17(22)19(33-15)25-10-9-16(26)23-21(25)29/h4-10,12-13,15,17-19,27H,11H2,1-3H3,(H,24,30)(H,23,26,29)/t13-,15+,17+,18+,19?,35-/m0/s1. The Morgan fingerprint density at radius 1 is 1.26 bits per heavy atom. The number of benzene rings is 1. The van der Waals surface area contributed by atoms with Gasteiger partial charge in [0.25, 0.3) is 5.56 Å². The molecule has 0 amide bonds. The van der Waals surface area contributed by atoms with E-state index in [1.165, 1.54) is 19.1 Å². The molecule has 6 atom stereocenters. The number of carbonyl (C=O) groups excluding carboxylic acids is 1. The molecular formula is C21H27FN3O9P. The fourth-order valence-electron chi connectivity index (χ4n) is 3.20. The van der Waals surface area contributed by atoms with E-state index in [-0.39, 0.29) is 5.75 Å². The first kappa shape index (κ1) is 26.8. The normalized spacial score (nSPS) is 24.6. The highest BCUT2D eigenvalue weighted by Gasteiger charge is 2.47. The van der Waals surface area contributed by atoms with Gasteiger partial charge in [0.05, 0.1) is 12.7 Å². The number of esters is 1. The number of carbonyl (C=O) groups is 1. The molecule has 192 valence electrons. The van der Waals surface area contributed by atoms with Crippen LogP contribution in [-0.2, 0) is 23.4 Å². The summed E-state index contributed by atoms with van der Waals surface area (Å²) >= 11 is 0. The second kappa shape index (κ2) is 11.3. The maximum absolute atomic E-state index is 14.7. The van der Waals surface area contributed by atoms with Gasteiger partial charge in [0.15, 0.2) is 12.4 Å². The minimum atomic E-state index is -4.28. The fourth-order valence-corrected chi connectivity index (χ4v) is 4.70. The summed E-state index contributed by atoms with van der Waals surface area (Å²) in [5.41, 5.74) is -1.62.